The summed E-state index contributed by atoms with van der Waals surface area (Å²) in [6, 6.07) is 2.38. The Balaban J connectivity index is 1.37. The Kier molecular flexibility index (Phi) is 5.78. The summed E-state index contributed by atoms with van der Waals surface area (Å²) in [7, 11) is 3.61. The molecule has 1 saturated heterocycles. The van der Waals surface area contributed by atoms with Crippen LogP contribution >= 0.6 is 0 Å². The quantitative estimate of drug-likeness (QED) is 0.626. The minimum absolute atomic E-state index is 0.00639. The van der Waals surface area contributed by atoms with Crippen LogP contribution in [0.4, 0.5) is 14.5 Å². The number of likely N-dealkylation sites (tertiary alicyclic amines) is 1. The van der Waals surface area contributed by atoms with Crippen LogP contribution in [-0.4, -0.2) is 59.8 Å². The molecule has 0 spiro atoms. The maximum absolute atomic E-state index is 14.4. The highest BCUT2D eigenvalue weighted by molar-refractivity contribution is 5.87. The zero-order valence-electron chi connectivity index (χ0n) is 20.8. The highest BCUT2D eigenvalue weighted by Gasteiger charge is 2.40. The van der Waals surface area contributed by atoms with E-state index in [0.717, 1.165) is 40.7 Å². The molecular weight excluding hydrogens is 464 g/mol. The van der Waals surface area contributed by atoms with Crippen molar-refractivity contribution >= 4 is 23.7 Å². The molecule has 6 rings (SSSR count). The van der Waals surface area contributed by atoms with E-state index in [1.54, 1.807) is 18.1 Å². The summed E-state index contributed by atoms with van der Waals surface area (Å²) in [5.41, 5.74) is 7.69. The van der Waals surface area contributed by atoms with Crippen LogP contribution in [0.2, 0.25) is 0 Å². The fraction of sp³-hybridized carbons (Fsp3) is 0.556. The van der Waals surface area contributed by atoms with E-state index >= 15 is 0 Å². The molecule has 2 aliphatic carbocycles. The molecule has 2 aliphatic heterocycles. The number of amides is 1. The van der Waals surface area contributed by atoms with Crippen molar-refractivity contribution in [2.24, 2.45) is 30.5 Å². The van der Waals surface area contributed by atoms with Gasteiger partial charge in [0.25, 0.3) is 0 Å². The number of alkyl halides is 1. The van der Waals surface area contributed by atoms with Gasteiger partial charge in [-0.25, -0.2) is 13.8 Å². The van der Waals surface area contributed by atoms with E-state index < -0.39 is 12.7 Å². The molecule has 4 atom stereocenters. The van der Waals surface area contributed by atoms with Crippen molar-refractivity contribution in [2.75, 3.05) is 38.3 Å². The topological polar surface area (TPSA) is 76.6 Å². The van der Waals surface area contributed by atoms with Crippen molar-refractivity contribution in [3.8, 4) is 5.75 Å². The Morgan fingerprint density at radius 1 is 1.25 bits per heavy atom. The van der Waals surface area contributed by atoms with Crippen molar-refractivity contribution in [3.05, 3.63) is 40.0 Å². The molecular formula is C27H33F2N5O2. The summed E-state index contributed by atoms with van der Waals surface area (Å²) in [6.07, 6.45) is 8.02. The molecule has 1 aromatic heterocycles. The van der Waals surface area contributed by atoms with Crippen LogP contribution in [0.25, 0.3) is 12.2 Å². The second-order valence-corrected chi connectivity index (χ2v) is 10.7. The predicted octanol–water partition coefficient (Wildman–Crippen LogP) is 1.42. The predicted molar refractivity (Wildman–Crippen MR) is 133 cm³/mol. The largest absolute Gasteiger partial charge is 0.494 e. The lowest BCUT2D eigenvalue weighted by Crippen LogP contribution is -2.51. The molecule has 3 unspecified atom stereocenters. The smallest absolute Gasteiger partial charge is 0.230 e. The van der Waals surface area contributed by atoms with Gasteiger partial charge in [0, 0.05) is 39.2 Å². The summed E-state index contributed by atoms with van der Waals surface area (Å²) in [6.45, 7) is 1.06. The Morgan fingerprint density at radius 3 is 2.78 bits per heavy atom. The second kappa shape index (κ2) is 8.87. The van der Waals surface area contributed by atoms with Crippen LogP contribution in [0, 0.1) is 23.6 Å². The standard InChI is InChI=1S/C27H33F2N5O2/c1-32-22-8-16-5-6-33(14-19(30)12-28)27(35)20(16)11-21(22)31-26(32)23-9-17-7-18(29)10-24(36-2)25(17)34(23)13-15-3-4-15/h7-8,10-11,15-16,19-20,23H,3-6,9,12-14,30H2,1-2H3/t16?,19-,20?,23?/m1/s1. The van der Waals surface area contributed by atoms with Gasteiger partial charge in [-0.15, -0.1) is 0 Å². The monoisotopic (exact) mass is 497 g/mol. The second-order valence-electron chi connectivity index (χ2n) is 10.7. The average molecular weight is 498 g/mol. The summed E-state index contributed by atoms with van der Waals surface area (Å²) >= 11 is 0. The van der Waals surface area contributed by atoms with Crippen LogP contribution in [0.5, 0.6) is 5.75 Å². The van der Waals surface area contributed by atoms with Crippen molar-refractivity contribution in [1.82, 2.24) is 14.5 Å². The molecule has 36 heavy (non-hydrogen) atoms. The van der Waals surface area contributed by atoms with E-state index in [1.807, 2.05) is 13.1 Å². The van der Waals surface area contributed by atoms with E-state index in [1.165, 1.54) is 18.9 Å². The number of anilines is 1. The number of aromatic nitrogens is 2. The number of rotatable bonds is 7. The molecule has 3 heterocycles. The number of nitrogens with two attached hydrogens (primary N) is 1. The molecule has 0 radical (unpaired) electrons. The van der Waals surface area contributed by atoms with Gasteiger partial charge in [0.2, 0.25) is 5.91 Å². The van der Waals surface area contributed by atoms with Crippen LogP contribution in [0.3, 0.4) is 0 Å². The number of methoxy groups -OCH3 is 1. The molecule has 1 amide bonds. The molecule has 9 heteroatoms. The summed E-state index contributed by atoms with van der Waals surface area (Å²) < 4.78 is 35.0. The number of carbonyl (C=O) groups is 1. The lowest BCUT2D eigenvalue weighted by atomic mass is 9.82. The summed E-state index contributed by atoms with van der Waals surface area (Å²) in [4.78, 5) is 22.3. The van der Waals surface area contributed by atoms with Gasteiger partial charge in [0.05, 0.1) is 41.5 Å². The molecule has 2 aromatic rings. The van der Waals surface area contributed by atoms with Gasteiger partial charge in [-0.3, -0.25) is 4.79 Å². The average Bonchev–Trinajstić information content (AvgIpc) is 3.54. The SMILES string of the molecule is COc1cc(F)cc2c1N(CC1CC1)C(c1nc3c(n1C)=CC1CCN(C[C@H](N)CF)C(=O)C1C=3)C2. The number of hydrogen-bond donors (Lipinski definition) is 1. The number of halogens is 2. The highest BCUT2D eigenvalue weighted by Crippen LogP contribution is 2.47. The maximum atomic E-state index is 14.4. The van der Waals surface area contributed by atoms with Crippen LogP contribution in [0.1, 0.15) is 36.7 Å². The zero-order valence-corrected chi connectivity index (χ0v) is 20.8. The molecule has 2 fully saturated rings. The zero-order chi connectivity index (χ0) is 25.1. The third-order valence-corrected chi connectivity index (χ3v) is 8.22. The third kappa shape index (κ3) is 3.88. The number of nitrogens with zero attached hydrogens (tertiary/aromatic N) is 4. The number of imidazole rings is 1. The Bertz CT molecular complexity index is 1320. The van der Waals surface area contributed by atoms with E-state index in [0.29, 0.717) is 24.6 Å². The summed E-state index contributed by atoms with van der Waals surface area (Å²) in [5.74, 6) is 1.58. The first-order chi connectivity index (χ1) is 17.4. The minimum Gasteiger partial charge on any atom is -0.494 e. The number of carbonyl (C=O) groups excluding carboxylic acids is 1. The normalized spacial score (nSPS) is 25.6. The van der Waals surface area contributed by atoms with Crippen LogP contribution in [-0.2, 0) is 18.3 Å². The summed E-state index contributed by atoms with van der Waals surface area (Å²) in [5, 5.41) is 1.83. The fourth-order valence-electron chi connectivity index (χ4n) is 6.19. The van der Waals surface area contributed by atoms with E-state index in [-0.39, 0.29) is 36.1 Å². The lowest BCUT2D eigenvalue weighted by Gasteiger charge is -2.37. The highest BCUT2D eigenvalue weighted by atomic mass is 19.1. The maximum Gasteiger partial charge on any atom is 0.230 e. The van der Waals surface area contributed by atoms with E-state index in [2.05, 4.69) is 15.5 Å². The van der Waals surface area contributed by atoms with E-state index in [9.17, 15) is 13.6 Å². The van der Waals surface area contributed by atoms with Crippen molar-refractivity contribution in [2.45, 2.75) is 37.8 Å². The van der Waals surface area contributed by atoms with Gasteiger partial charge >= 0.3 is 0 Å². The number of ether oxygens (including phenoxy) is 1. The van der Waals surface area contributed by atoms with Gasteiger partial charge in [-0.2, -0.15) is 0 Å². The van der Waals surface area contributed by atoms with Crippen molar-refractivity contribution < 1.29 is 18.3 Å². The number of benzene rings is 1. The van der Waals surface area contributed by atoms with Gasteiger partial charge in [0.15, 0.2) is 0 Å². The fourth-order valence-corrected chi connectivity index (χ4v) is 6.19. The third-order valence-electron chi connectivity index (χ3n) is 8.22. The first-order valence-corrected chi connectivity index (χ1v) is 12.9. The lowest BCUT2D eigenvalue weighted by molar-refractivity contribution is -0.137. The molecule has 1 aromatic carbocycles. The number of piperidine rings is 1. The molecule has 4 aliphatic rings. The molecule has 1 saturated carbocycles. The molecule has 0 bridgehead atoms. The Morgan fingerprint density at radius 2 is 2.06 bits per heavy atom. The molecule has 192 valence electrons. The Labute approximate surface area is 209 Å². The number of fused-ring (bicyclic) bond motifs is 3. The van der Waals surface area contributed by atoms with Crippen LogP contribution in [0.15, 0.2) is 12.1 Å². The first kappa shape index (κ1) is 23.5. The molecule has 7 nitrogen and oxygen atoms in total. The minimum atomic E-state index is -0.654. The van der Waals surface area contributed by atoms with Crippen molar-refractivity contribution in [1.29, 1.82) is 0 Å². The van der Waals surface area contributed by atoms with Gasteiger partial charge in [0.1, 0.15) is 24.1 Å². The van der Waals surface area contributed by atoms with Gasteiger partial charge in [-0.05, 0) is 48.8 Å². The van der Waals surface area contributed by atoms with Gasteiger partial charge < -0.3 is 24.8 Å². The van der Waals surface area contributed by atoms with Crippen molar-refractivity contribution in [3.63, 3.8) is 0 Å². The van der Waals surface area contributed by atoms with Gasteiger partial charge in [-0.1, -0.05) is 6.08 Å². The first-order valence-electron chi connectivity index (χ1n) is 12.9. The molecule has 2 N–H and O–H groups in total. The van der Waals surface area contributed by atoms with E-state index in [4.69, 9.17) is 15.5 Å². The number of hydrogen-bond acceptors (Lipinski definition) is 5. The Hall–Kier alpha value is -2.94. The van der Waals surface area contributed by atoms with Crippen LogP contribution < -0.4 is 26.1 Å².